The zero-order valence-electron chi connectivity index (χ0n) is 10.4. The average Bonchev–Trinajstić information content (AvgIpc) is 2.28. The molecule has 1 aromatic carbocycles. The minimum atomic E-state index is -0.993. The topological polar surface area (TPSA) is 75.3 Å². The molecular weight excluding hydrogens is 216 g/mol. The lowest BCUT2D eigenvalue weighted by Crippen LogP contribution is -2.17. The third kappa shape index (κ3) is 3.66. The van der Waals surface area contributed by atoms with Gasteiger partial charge in [0.25, 0.3) is 0 Å². The largest absolute Gasteiger partial charge is 0.478 e. The summed E-state index contributed by atoms with van der Waals surface area (Å²) < 4.78 is 0. The average molecular weight is 236 g/mol. The molecule has 0 radical (unpaired) electrons. The molecule has 0 aliphatic carbocycles. The Labute approximate surface area is 102 Å². The number of benzene rings is 1. The van der Waals surface area contributed by atoms with E-state index in [1.165, 1.54) is 6.07 Å². The van der Waals surface area contributed by atoms with Gasteiger partial charge in [0, 0.05) is 6.04 Å². The van der Waals surface area contributed by atoms with Crippen LogP contribution < -0.4 is 11.1 Å². The molecule has 0 heterocycles. The Kier molecular flexibility index (Phi) is 4.82. The van der Waals surface area contributed by atoms with Crippen LogP contribution in [0.5, 0.6) is 0 Å². The summed E-state index contributed by atoms with van der Waals surface area (Å²) in [6.07, 6.45) is 3.34. The van der Waals surface area contributed by atoms with Crippen LogP contribution in [0.1, 0.15) is 43.5 Å². The number of carbonyl (C=O) groups is 1. The zero-order chi connectivity index (χ0) is 12.8. The van der Waals surface area contributed by atoms with Gasteiger partial charge in [0.15, 0.2) is 0 Å². The van der Waals surface area contributed by atoms with E-state index < -0.39 is 5.97 Å². The van der Waals surface area contributed by atoms with Crippen molar-refractivity contribution in [1.82, 2.24) is 0 Å². The lowest BCUT2D eigenvalue weighted by atomic mass is 10.1. The molecule has 1 aromatic rings. The number of rotatable bonds is 6. The van der Waals surface area contributed by atoms with Gasteiger partial charge in [-0.2, -0.15) is 0 Å². The highest BCUT2D eigenvalue weighted by molar-refractivity contribution is 5.97. The van der Waals surface area contributed by atoms with E-state index in [1.54, 1.807) is 6.07 Å². The zero-order valence-corrected chi connectivity index (χ0v) is 10.4. The molecule has 94 valence electrons. The van der Waals surface area contributed by atoms with E-state index in [2.05, 4.69) is 19.2 Å². The molecule has 4 N–H and O–H groups in total. The van der Waals surface area contributed by atoms with Crippen LogP contribution >= 0.6 is 0 Å². The van der Waals surface area contributed by atoms with Gasteiger partial charge in [-0.05, 0) is 25.5 Å². The van der Waals surface area contributed by atoms with E-state index in [1.807, 2.05) is 6.07 Å². The van der Waals surface area contributed by atoms with Crippen LogP contribution in [0.3, 0.4) is 0 Å². The number of hydrogen-bond donors (Lipinski definition) is 3. The minimum absolute atomic E-state index is 0.151. The summed E-state index contributed by atoms with van der Waals surface area (Å²) in [7, 11) is 0. The maximum atomic E-state index is 10.9. The van der Waals surface area contributed by atoms with E-state index in [-0.39, 0.29) is 5.56 Å². The highest BCUT2D eigenvalue weighted by Crippen LogP contribution is 2.24. The number of nitrogens with two attached hydrogens (primary N) is 1. The SMILES string of the molecule is CCCCC(C)Nc1cccc(C(=O)O)c1N. The molecule has 0 aliphatic heterocycles. The number of carboxylic acids is 1. The summed E-state index contributed by atoms with van der Waals surface area (Å²) >= 11 is 0. The molecule has 0 aromatic heterocycles. The van der Waals surface area contributed by atoms with Crippen LogP contribution in [0.4, 0.5) is 11.4 Å². The van der Waals surface area contributed by atoms with Gasteiger partial charge in [-0.1, -0.05) is 25.8 Å². The molecule has 0 saturated heterocycles. The number of unbranched alkanes of at least 4 members (excludes halogenated alkanes) is 1. The number of nitrogen functional groups attached to an aromatic ring is 1. The maximum Gasteiger partial charge on any atom is 0.337 e. The third-order valence-electron chi connectivity index (χ3n) is 2.73. The van der Waals surface area contributed by atoms with E-state index in [4.69, 9.17) is 10.8 Å². The first-order chi connectivity index (χ1) is 8.06. The van der Waals surface area contributed by atoms with Crippen LogP contribution in [-0.2, 0) is 0 Å². The predicted octanol–water partition coefficient (Wildman–Crippen LogP) is 2.96. The van der Waals surface area contributed by atoms with Gasteiger partial charge in [0.05, 0.1) is 16.9 Å². The maximum absolute atomic E-state index is 10.9. The fourth-order valence-corrected chi connectivity index (χ4v) is 1.73. The van der Waals surface area contributed by atoms with Crippen molar-refractivity contribution in [2.24, 2.45) is 0 Å². The third-order valence-corrected chi connectivity index (χ3v) is 2.73. The van der Waals surface area contributed by atoms with Gasteiger partial charge in [0.1, 0.15) is 0 Å². The number of hydrogen-bond acceptors (Lipinski definition) is 3. The standard InChI is InChI=1S/C13H20N2O2/c1-3-4-6-9(2)15-11-8-5-7-10(12(11)14)13(16)17/h5,7-9,15H,3-4,6,14H2,1-2H3,(H,16,17). The summed E-state index contributed by atoms with van der Waals surface area (Å²) in [5.74, 6) is -0.993. The molecule has 0 amide bonds. The van der Waals surface area contributed by atoms with Crippen LogP contribution in [0.2, 0.25) is 0 Å². The van der Waals surface area contributed by atoms with Crippen molar-refractivity contribution < 1.29 is 9.90 Å². The molecular formula is C13H20N2O2. The van der Waals surface area contributed by atoms with E-state index in [0.29, 0.717) is 17.4 Å². The summed E-state index contributed by atoms with van der Waals surface area (Å²) in [5, 5.41) is 12.2. The first-order valence-corrected chi connectivity index (χ1v) is 5.94. The first-order valence-electron chi connectivity index (χ1n) is 5.94. The van der Waals surface area contributed by atoms with Crippen molar-refractivity contribution in [2.75, 3.05) is 11.1 Å². The van der Waals surface area contributed by atoms with Crippen LogP contribution in [0.25, 0.3) is 0 Å². The smallest absolute Gasteiger partial charge is 0.337 e. The monoisotopic (exact) mass is 236 g/mol. The predicted molar refractivity (Wildman–Crippen MR) is 70.4 cm³/mol. The summed E-state index contributed by atoms with van der Waals surface area (Å²) in [4.78, 5) is 10.9. The summed E-state index contributed by atoms with van der Waals surface area (Å²) in [5.41, 5.74) is 6.98. The number of carboxylic acid groups (broad SMARTS) is 1. The minimum Gasteiger partial charge on any atom is -0.478 e. The second-order valence-corrected chi connectivity index (χ2v) is 4.26. The Morgan fingerprint density at radius 3 is 2.82 bits per heavy atom. The summed E-state index contributed by atoms with van der Waals surface area (Å²) in [6.45, 7) is 4.22. The molecule has 4 nitrogen and oxygen atoms in total. The molecule has 1 atom stereocenters. The lowest BCUT2D eigenvalue weighted by molar-refractivity contribution is 0.0698. The summed E-state index contributed by atoms with van der Waals surface area (Å²) in [6, 6.07) is 5.32. The van der Waals surface area contributed by atoms with Crippen molar-refractivity contribution in [3.05, 3.63) is 23.8 Å². The molecule has 1 unspecified atom stereocenters. The van der Waals surface area contributed by atoms with Crippen LogP contribution in [0, 0.1) is 0 Å². The van der Waals surface area contributed by atoms with Gasteiger partial charge >= 0.3 is 5.97 Å². The van der Waals surface area contributed by atoms with Crippen molar-refractivity contribution >= 4 is 17.3 Å². The quantitative estimate of drug-likeness (QED) is 0.664. The number of nitrogens with one attached hydrogen (secondary N) is 1. The number of para-hydroxylation sites is 1. The normalized spacial score (nSPS) is 12.1. The van der Waals surface area contributed by atoms with Gasteiger partial charge in [-0.15, -0.1) is 0 Å². The van der Waals surface area contributed by atoms with Gasteiger partial charge in [0.2, 0.25) is 0 Å². The van der Waals surface area contributed by atoms with Crippen molar-refractivity contribution in [3.8, 4) is 0 Å². The van der Waals surface area contributed by atoms with Gasteiger partial charge in [-0.25, -0.2) is 4.79 Å². The number of aromatic carboxylic acids is 1. The van der Waals surface area contributed by atoms with E-state index in [0.717, 1.165) is 19.3 Å². The van der Waals surface area contributed by atoms with Crippen molar-refractivity contribution in [1.29, 1.82) is 0 Å². The molecule has 0 spiro atoms. The first kappa shape index (κ1) is 13.4. The Morgan fingerprint density at radius 1 is 1.53 bits per heavy atom. The number of anilines is 2. The van der Waals surface area contributed by atoms with Crippen LogP contribution in [-0.4, -0.2) is 17.1 Å². The van der Waals surface area contributed by atoms with Crippen LogP contribution in [0.15, 0.2) is 18.2 Å². The molecule has 0 aliphatic rings. The van der Waals surface area contributed by atoms with E-state index >= 15 is 0 Å². The van der Waals surface area contributed by atoms with Gasteiger partial charge < -0.3 is 16.2 Å². The molecule has 0 fully saturated rings. The molecule has 0 saturated carbocycles. The second kappa shape index (κ2) is 6.13. The molecule has 1 rings (SSSR count). The Hall–Kier alpha value is -1.71. The van der Waals surface area contributed by atoms with Crippen molar-refractivity contribution in [3.63, 3.8) is 0 Å². The van der Waals surface area contributed by atoms with E-state index in [9.17, 15) is 4.79 Å². The molecule has 17 heavy (non-hydrogen) atoms. The Morgan fingerprint density at radius 2 is 2.24 bits per heavy atom. The molecule has 0 bridgehead atoms. The lowest BCUT2D eigenvalue weighted by Gasteiger charge is -2.17. The van der Waals surface area contributed by atoms with Crippen molar-refractivity contribution in [2.45, 2.75) is 39.2 Å². The second-order valence-electron chi connectivity index (χ2n) is 4.26. The Bertz CT molecular complexity index is 391. The van der Waals surface area contributed by atoms with Gasteiger partial charge in [-0.3, -0.25) is 0 Å². The Balaban J connectivity index is 2.77. The molecule has 4 heteroatoms. The fraction of sp³-hybridized carbons (Fsp3) is 0.462. The fourth-order valence-electron chi connectivity index (χ4n) is 1.73. The highest BCUT2D eigenvalue weighted by atomic mass is 16.4. The highest BCUT2D eigenvalue weighted by Gasteiger charge is 2.12.